The number of rotatable bonds is 7. The lowest BCUT2D eigenvalue weighted by Gasteiger charge is -2.20. The van der Waals surface area contributed by atoms with Gasteiger partial charge in [-0.1, -0.05) is 20.3 Å². The predicted octanol–water partition coefficient (Wildman–Crippen LogP) is 0.945. The summed E-state index contributed by atoms with van der Waals surface area (Å²) >= 11 is 0. The third-order valence-electron chi connectivity index (χ3n) is 3.79. The quantitative estimate of drug-likeness (QED) is 0.711. The van der Waals surface area contributed by atoms with Crippen molar-refractivity contribution in [3.8, 4) is 0 Å². The first-order valence-electron chi connectivity index (χ1n) is 6.83. The molecule has 2 atom stereocenters. The largest absolute Gasteiger partial charge is 0.481 e. The second-order valence-corrected chi connectivity index (χ2v) is 4.80. The molecular formula is C13H24N2O3. The van der Waals surface area contributed by atoms with Gasteiger partial charge in [0.05, 0.1) is 11.8 Å². The van der Waals surface area contributed by atoms with Gasteiger partial charge in [0.15, 0.2) is 0 Å². The highest BCUT2D eigenvalue weighted by Crippen LogP contribution is 2.31. The summed E-state index contributed by atoms with van der Waals surface area (Å²) in [4.78, 5) is 25.2. The molecule has 1 aliphatic rings. The molecule has 0 aromatic carbocycles. The van der Waals surface area contributed by atoms with E-state index < -0.39 is 11.9 Å². The van der Waals surface area contributed by atoms with E-state index >= 15 is 0 Å². The maximum Gasteiger partial charge on any atom is 0.307 e. The van der Waals surface area contributed by atoms with Gasteiger partial charge in [0.2, 0.25) is 5.91 Å². The molecule has 5 nitrogen and oxygen atoms in total. The number of amides is 1. The Morgan fingerprint density at radius 3 is 2.39 bits per heavy atom. The number of likely N-dealkylation sites (N-methyl/N-ethyl adjacent to an activating group) is 1. The Morgan fingerprint density at radius 2 is 1.83 bits per heavy atom. The lowest BCUT2D eigenvalue weighted by Crippen LogP contribution is -2.39. The molecule has 2 N–H and O–H groups in total. The fourth-order valence-electron chi connectivity index (χ4n) is 2.58. The minimum atomic E-state index is -0.837. The van der Waals surface area contributed by atoms with Gasteiger partial charge in [-0.15, -0.1) is 0 Å². The highest BCUT2D eigenvalue weighted by Gasteiger charge is 2.37. The number of nitrogens with one attached hydrogen (secondary N) is 1. The van der Waals surface area contributed by atoms with Gasteiger partial charge in [0, 0.05) is 13.1 Å². The first kappa shape index (κ1) is 15.0. The van der Waals surface area contributed by atoms with Crippen molar-refractivity contribution in [3.05, 3.63) is 0 Å². The van der Waals surface area contributed by atoms with Crippen molar-refractivity contribution in [2.45, 2.75) is 33.1 Å². The molecule has 5 heteroatoms. The van der Waals surface area contributed by atoms with Crippen molar-refractivity contribution >= 4 is 11.9 Å². The number of nitrogens with zero attached hydrogens (tertiary/aromatic N) is 1. The summed E-state index contributed by atoms with van der Waals surface area (Å²) < 4.78 is 0. The van der Waals surface area contributed by atoms with Crippen LogP contribution in [0.1, 0.15) is 33.1 Å². The molecule has 1 aliphatic carbocycles. The molecule has 0 unspecified atom stereocenters. The van der Waals surface area contributed by atoms with Crippen LogP contribution in [0.4, 0.5) is 0 Å². The lowest BCUT2D eigenvalue weighted by atomic mass is 9.95. The van der Waals surface area contributed by atoms with Gasteiger partial charge >= 0.3 is 5.97 Å². The minimum Gasteiger partial charge on any atom is -0.481 e. The standard InChI is InChI=1S/C13H24N2O3/c1-3-15(4-2)9-8-14-12(16)10-6-5-7-11(10)13(17)18/h10-11H,3-9H2,1-2H3,(H,14,16)(H,17,18)/t10-,11+/m1/s1. The van der Waals surface area contributed by atoms with Gasteiger partial charge in [0.1, 0.15) is 0 Å². The van der Waals surface area contributed by atoms with Crippen LogP contribution in [-0.2, 0) is 9.59 Å². The average molecular weight is 256 g/mol. The van der Waals surface area contributed by atoms with E-state index in [9.17, 15) is 9.59 Å². The number of carboxylic acid groups (broad SMARTS) is 1. The fraction of sp³-hybridized carbons (Fsp3) is 0.846. The highest BCUT2D eigenvalue weighted by atomic mass is 16.4. The number of hydrogen-bond donors (Lipinski definition) is 2. The molecule has 0 bridgehead atoms. The smallest absolute Gasteiger partial charge is 0.307 e. The summed E-state index contributed by atoms with van der Waals surface area (Å²) in [5.41, 5.74) is 0. The van der Waals surface area contributed by atoms with Crippen LogP contribution in [0.3, 0.4) is 0 Å². The number of carboxylic acids is 1. The minimum absolute atomic E-state index is 0.0907. The summed E-state index contributed by atoms with van der Waals surface area (Å²) in [6.07, 6.45) is 2.17. The second kappa shape index (κ2) is 7.36. The van der Waals surface area contributed by atoms with Gasteiger partial charge < -0.3 is 15.3 Å². The monoisotopic (exact) mass is 256 g/mol. The van der Waals surface area contributed by atoms with Crippen LogP contribution in [0.2, 0.25) is 0 Å². The van der Waals surface area contributed by atoms with E-state index in [-0.39, 0.29) is 11.8 Å². The fourth-order valence-corrected chi connectivity index (χ4v) is 2.58. The van der Waals surface area contributed by atoms with E-state index in [0.717, 1.165) is 26.1 Å². The van der Waals surface area contributed by atoms with Crippen LogP contribution in [0.5, 0.6) is 0 Å². The van der Waals surface area contributed by atoms with Crippen molar-refractivity contribution in [1.29, 1.82) is 0 Å². The van der Waals surface area contributed by atoms with E-state index in [1.54, 1.807) is 0 Å². The van der Waals surface area contributed by atoms with E-state index in [4.69, 9.17) is 5.11 Å². The summed E-state index contributed by atoms with van der Waals surface area (Å²) in [5.74, 6) is -1.75. The number of carbonyl (C=O) groups is 2. The molecule has 0 radical (unpaired) electrons. The maximum absolute atomic E-state index is 11.9. The Bertz CT molecular complexity index is 290. The molecule has 104 valence electrons. The predicted molar refractivity (Wildman–Crippen MR) is 69.3 cm³/mol. The van der Waals surface area contributed by atoms with Crippen molar-refractivity contribution in [2.75, 3.05) is 26.2 Å². The molecule has 0 aromatic heterocycles. The first-order chi connectivity index (χ1) is 8.60. The number of carbonyl (C=O) groups excluding carboxylic acids is 1. The van der Waals surface area contributed by atoms with Gasteiger partial charge in [-0.3, -0.25) is 9.59 Å². The maximum atomic E-state index is 11.9. The Hall–Kier alpha value is -1.10. The SMILES string of the molecule is CCN(CC)CCNC(=O)[C@@H]1CCC[C@@H]1C(=O)O. The molecule has 1 amide bonds. The van der Waals surface area contributed by atoms with Crippen molar-refractivity contribution < 1.29 is 14.7 Å². The highest BCUT2D eigenvalue weighted by molar-refractivity contribution is 5.85. The summed E-state index contributed by atoms with van der Waals surface area (Å²) in [5, 5.41) is 11.9. The summed E-state index contributed by atoms with van der Waals surface area (Å²) in [6, 6.07) is 0. The van der Waals surface area contributed by atoms with Crippen LogP contribution in [0, 0.1) is 11.8 Å². The van der Waals surface area contributed by atoms with E-state index in [0.29, 0.717) is 19.4 Å². The van der Waals surface area contributed by atoms with Gasteiger partial charge in [-0.25, -0.2) is 0 Å². The van der Waals surface area contributed by atoms with Crippen LogP contribution in [0.25, 0.3) is 0 Å². The Labute approximate surface area is 109 Å². The third kappa shape index (κ3) is 3.98. The van der Waals surface area contributed by atoms with Gasteiger partial charge in [0.25, 0.3) is 0 Å². The van der Waals surface area contributed by atoms with Crippen molar-refractivity contribution in [3.63, 3.8) is 0 Å². The lowest BCUT2D eigenvalue weighted by molar-refractivity contribution is -0.146. The topological polar surface area (TPSA) is 69.6 Å². The first-order valence-corrected chi connectivity index (χ1v) is 6.83. The van der Waals surface area contributed by atoms with Crippen molar-refractivity contribution in [2.24, 2.45) is 11.8 Å². The van der Waals surface area contributed by atoms with E-state index in [1.807, 2.05) is 0 Å². The summed E-state index contributed by atoms with van der Waals surface area (Å²) in [6.45, 7) is 7.53. The molecular weight excluding hydrogens is 232 g/mol. The van der Waals surface area contributed by atoms with Crippen LogP contribution in [-0.4, -0.2) is 48.1 Å². The third-order valence-corrected chi connectivity index (χ3v) is 3.79. The van der Waals surface area contributed by atoms with Gasteiger partial charge in [-0.05, 0) is 25.9 Å². The molecule has 0 aliphatic heterocycles. The van der Waals surface area contributed by atoms with Gasteiger partial charge in [-0.2, -0.15) is 0 Å². The van der Waals surface area contributed by atoms with E-state index in [2.05, 4.69) is 24.1 Å². The molecule has 0 spiro atoms. The van der Waals surface area contributed by atoms with Crippen LogP contribution < -0.4 is 5.32 Å². The van der Waals surface area contributed by atoms with Crippen LogP contribution >= 0.6 is 0 Å². The number of hydrogen-bond acceptors (Lipinski definition) is 3. The molecule has 0 saturated heterocycles. The van der Waals surface area contributed by atoms with E-state index in [1.165, 1.54) is 0 Å². The Kier molecular flexibility index (Phi) is 6.12. The molecule has 18 heavy (non-hydrogen) atoms. The number of aliphatic carboxylic acids is 1. The summed E-state index contributed by atoms with van der Waals surface area (Å²) in [7, 11) is 0. The normalized spacial score (nSPS) is 23.3. The van der Waals surface area contributed by atoms with Crippen LogP contribution in [0.15, 0.2) is 0 Å². The molecule has 1 fully saturated rings. The zero-order valence-electron chi connectivity index (χ0n) is 11.3. The molecule has 0 aromatic rings. The molecule has 1 rings (SSSR count). The Balaban J connectivity index is 2.34. The molecule has 1 saturated carbocycles. The average Bonchev–Trinajstić information content (AvgIpc) is 2.83. The molecule has 0 heterocycles. The zero-order chi connectivity index (χ0) is 13.5. The Morgan fingerprint density at radius 1 is 1.22 bits per heavy atom. The second-order valence-electron chi connectivity index (χ2n) is 4.80. The van der Waals surface area contributed by atoms with Crippen molar-refractivity contribution in [1.82, 2.24) is 10.2 Å². The zero-order valence-corrected chi connectivity index (χ0v) is 11.3.